The number of allylic oxidation sites excluding steroid dienone is 1. The molecule has 1 saturated heterocycles. The minimum Gasteiger partial charge on any atom is -0.338 e. The number of hydrogen-bond acceptors (Lipinski definition) is 3. The van der Waals surface area contributed by atoms with E-state index < -0.39 is 0 Å². The van der Waals surface area contributed by atoms with E-state index in [4.69, 9.17) is 0 Å². The number of aliphatic imine (C=N–C) groups is 2. The number of carbonyl (C=O) groups excluding carboxylic acids is 1. The second-order valence-electron chi connectivity index (χ2n) is 7.40. The molecular formula is C23H29FN6O. The van der Waals surface area contributed by atoms with E-state index in [1.165, 1.54) is 6.07 Å². The number of hydrogen-bond donors (Lipinski definition) is 0. The number of nitrogens with zero attached hydrogens (tertiary/aromatic N) is 6. The van der Waals surface area contributed by atoms with E-state index in [0.29, 0.717) is 49.0 Å². The summed E-state index contributed by atoms with van der Waals surface area (Å²) in [5, 5.41) is 4.59. The average Bonchev–Trinajstić information content (AvgIpc) is 3.19. The molecule has 31 heavy (non-hydrogen) atoms. The molecule has 1 fully saturated rings. The molecule has 1 aromatic heterocycles. The Morgan fingerprint density at radius 3 is 2.55 bits per heavy atom. The molecule has 0 N–H and O–H groups in total. The number of benzene rings is 1. The first-order valence-corrected chi connectivity index (χ1v) is 10.4. The Morgan fingerprint density at radius 2 is 1.94 bits per heavy atom. The normalized spacial score (nSPS) is 15.0. The van der Waals surface area contributed by atoms with Crippen LogP contribution in [0.3, 0.4) is 0 Å². The molecule has 1 amide bonds. The van der Waals surface area contributed by atoms with Crippen molar-refractivity contribution in [1.82, 2.24) is 19.6 Å². The molecule has 0 radical (unpaired) electrons. The molecule has 2 heterocycles. The van der Waals surface area contributed by atoms with Crippen LogP contribution in [0.15, 0.2) is 46.9 Å². The number of amides is 1. The summed E-state index contributed by atoms with van der Waals surface area (Å²) in [4.78, 5) is 25.3. The van der Waals surface area contributed by atoms with Crippen LogP contribution >= 0.6 is 0 Å². The molecule has 3 rings (SSSR count). The van der Waals surface area contributed by atoms with Gasteiger partial charge in [-0.2, -0.15) is 5.10 Å². The number of carbonyl (C=O) groups is 1. The highest BCUT2D eigenvalue weighted by Crippen LogP contribution is 2.22. The highest BCUT2D eigenvalue weighted by molar-refractivity contribution is 5.90. The van der Waals surface area contributed by atoms with E-state index in [-0.39, 0.29) is 18.3 Å². The zero-order valence-corrected chi connectivity index (χ0v) is 18.4. The third-order valence-corrected chi connectivity index (χ3v) is 5.39. The topological polar surface area (TPSA) is 66.1 Å². The van der Waals surface area contributed by atoms with Gasteiger partial charge in [0.25, 0.3) is 0 Å². The predicted octanol–water partition coefficient (Wildman–Crippen LogP) is 2.95. The summed E-state index contributed by atoms with van der Waals surface area (Å²) in [7, 11) is 1.70. The SMILES string of the molecule is C=C/C=N\C(=NC)N1CCN(C(=O)Cn2nc(-c3ccc(C)c(F)c3)cc2CC)CC1. The molecule has 0 unspecified atom stereocenters. The number of piperazine rings is 1. The quantitative estimate of drug-likeness (QED) is 0.548. The molecule has 1 aliphatic heterocycles. The van der Waals surface area contributed by atoms with Crippen molar-refractivity contribution in [3.8, 4) is 11.3 Å². The van der Waals surface area contributed by atoms with Gasteiger partial charge < -0.3 is 9.80 Å². The number of guanidine groups is 1. The molecule has 164 valence electrons. The Hall–Kier alpha value is -3.29. The summed E-state index contributed by atoms with van der Waals surface area (Å²) in [6.45, 7) is 10.1. The molecule has 0 atom stereocenters. The van der Waals surface area contributed by atoms with Gasteiger partial charge >= 0.3 is 0 Å². The van der Waals surface area contributed by atoms with Crippen molar-refractivity contribution in [2.45, 2.75) is 26.8 Å². The highest BCUT2D eigenvalue weighted by Gasteiger charge is 2.24. The Labute approximate surface area is 182 Å². The average molecular weight is 425 g/mol. The second kappa shape index (κ2) is 10.1. The van der Waals surface area contributed by atoms with Gasteiger partial charge in [0.15, 0.2) is 0 Å². The Kier molecular flexibility index (Phi) is 7.33. The summed E-state index contributed by atoms with van der Waals surface area (Å²) in [6.07, 6.45) is 3.96. The summed E-state index contributed by atoms with van der Waals surface area (Å²) in [6, 6.07) is 7.02. The lowest BCUT2D eigenvalue weighted by atomic mass is 10.1. The van der Waals surface area contributed by atoms with Crippen LogP contribution < -0.4 is 0 Å². The van der Waals surface area contributed by atoms with Crippen LogP contribution in [-0.4, -0.2) is 70.9 Å². The Morgan fingerprint density at radius 1 is 1.23 bits per heavy atom. The van der Waals surface area contributed by atoms with Gasteiger partial charge in [-0.3, -0.25) is 14.5 Å². The lowest BCUT2D eigenvalue weighted by Crippen LogP contribution is -2.51. The monoisotopic (exact) mass is 424 g/mol. The number of halogens is 1. The van der Waals surface area contributed by atoms with E-state index in [2.05, 4.69) is 26.6 Å². The van der Waals surface area contributed by atoms with Crippen LogP contribution in [0.2, 0.25) is 0 Å². The lowest BCUT2D eigenvalue weighted by molar-refractivity contribution is -0.133. The van der Waals surface area contributed by atoms with Gasteiger partial charge in [-0.1, -0.05) is 31.7 Å². The molecule has 0 aliphatic carbocycles. The van der Waals surface area contributed by atoms with E-state index >= 15 is 0 Å². The lowest BCUT2D eigenvalue weighted by Gasteiger charge is -2.35. The van der Waals surface area contributed by atoms with Crippen molar-refractivity contribution in [2.75, 3.05) is 33.2 Å². The third kappa shape index (κ3) is 5.25. The van der Waals surface area contributed by atoms with Crippen LogP contribution in [0.1, 0.15) is 18.2 Å². The summed E-state index contributed by atoms with van der Waals surface area (Å²) < 4.78 is 15.7. The highest BCUT2D eigenvalue weighted by atomic mass is 19.1. The molecule has 2 aromatic rings. The minimum absolute atomic E-state index is 0.0173. The van der Waals surface area contributed by atoms with Crippen LogP contribution in [-0.2, 0) is 17.8 Å². The van der Waals surface area contributed by atoms with E-state index in [9.17, 15) is 9.18 Å². The maximum Gasteiger partial charge on any atom is 0.244 e. The molecule has 1 aliphatic rings. The van der Waals surface area contributed by atoms with Crippen LogP contribution in [0.5, 0.6) is 0 Å². The molecular weight excluding hydrogens is 395 g/mol. The van der Waals surface area contributed by atoms with Crippen LogP contribution in [0.4, 0.5) is 4.39 Å². The smallest absolute Gasteiger partial charge is 0.244 e. The second-order valence-corrected chi connectivity index (χ2v) is 7.40. The van der Waals surface area contributed by atoms with Gasteiger partial charge in [-0.25, -0.2) is 9.38 Å². The molecule has 8 heteroatoms. The Bertz CT molecular complexity index is 1000. The van der Waals surface area contributed by atoms with Crippen molar-refractivity contribution < 1.29 is 9.18 Å². The van der Waals surface area contributed by atoms with E-state index in [0.717, 1.165) is 12.1 Å². The van der Waals surface area contributed by atoms with Crippen LogP contribution in [0, 0.1) is 12.7 Å². The zero-order valence-electron chi connectivity index (χ0n) is 18.4. The summed E-state index contributed by atoms with van der Waals surface area (Å²) in [5.74, 6) is 0.400. The van der Waals surface area contributed by atoms with E-state index in [1.807, 2.05) is 24.0 Å². The van der Waals surface area contributed by atoms with Gasteiger partial charge in [0.05, 0.1) is 5.69 Å². The molecule has 0 saturated carbocycles. The first-order valence-electron chi connectivity index (χ1n) is 10.4. The van der Waals surface area contributed by atoms with Crippen LogP contribution in [0.25, 0.3) is 11.3 Å². The minimum atomic E-state index is -0.258. The maximum absolute atomic E-state index is 14.0. The van der Waals surface area contributed by atoms with Gasteiger partial charge in [0.2, 0.25) is 11.9 Å². The largest absolute Gasteiger partial charge is 0.338 e. The van der Waals surface area contributed by atoms with Crippen molar-refractivity contribution in [1.29, 1.82) is 0 Å². The van der Waals surface area contributed by atoms with Crippen molar-refractivity contribution >= 4 is 18.1 Å². The van der Waals surface area contributed by atoms with Gasteiger partial charge in [0, 0.05) is 50.7 Å². The maximum atomic E-state index is 14.0. The van der Waals surface area contributed by atoms with Crippen molar-refractivity contribution in [2.24, 2.45) is 9.98 Å². The third-order valence-electron chi connectivity index (χ3n) is 5.39. The first-order chi connectivity index (χ1) is 15.0. The fraction of sp³-hybridized carbons (Fsp3) is 0.391. The summed E-state index contributed by atoms with van der Waals surface area (Å²) >= 11 is 0. The van der Waals surface area contributed by atoms with Gasteiger partial charge in [0.1, 0.15) is 12.4 Å². The molecule has 7 nitrogen and oxygen atoms in total. The summed E-state index contributed by atoms with van der Waals surface area (Å²) in [5.41, 5.74) is 2.93. The standard InChI is InChI=1S/C23H29FN6O/c1-5-9-26-23(25-4)29-12-10-28(11-13-29)22(31)16-30-19(6-2)15-21(27-30)18-8-7-17(3)20(24)14-18/h5,7-9,14-15H,1,6,10-13,16H2,2-4H3/b25-23?,26-9-. The molecule has 0 bridgehead atoms. The van der Waals surface area contributed by atoms with Crippen molar-refractivity contribution in [3.05, 3.63) is 54.0 Å². The number of rotatable bonds is 5. The number of aromatic nitrogens is 2. The molecule has 0 spiro atoms. The van der Waals surface area contributed by atoms with E-state index in [1.54, 1.807) is 37.0 Å². The fourth-order valence-electron chi connectivity index (χ4n) is 3.55. The number of aryl methyl sites for hydroxylation is 2. The predicted molar refractivity (Wildman–Crippen MR) is 122 cm³/mol. The van der Waals surface area contributed by atoms with Gasteiger partial charge in [-0.05, 0) is 31.0 Å². The molecule has 1 aromatic carbocycles. The zero-order chi connectivity index (χ0) is 22.4. The Balaban J connectivity index is 1.67. The fourth-order valence-corrected chi connectivity index (χ4v) is 3.55. The van der Waals surface area contributed by atoms with Crippen molar-refractivity contribution in [3.63, 3.8) is 0 Å². The van der Waals surface area contributed by atoms with Gasteiger partial charge in [-0.15, -0.1) is 0 Å². The first kappa shape index (κ1) is 22.4.